The second kappa shape index (κ2) is 7.13. The lowest BCUT2D eigenvalue weighted by molar-refractivity contribution is -0.143. The van der Waals surface area contributed by atoms with E-state index in [9.17, 15) is 9.90 Å². The molecule has 3 heterocycles. The van der Waals surface area contributed by atoms with Gasteiger partial charge in [0.1, 0.15) is 5.01 Å². The van der Waals surface area contributed by atoms with Gasteiger partial charge in [0.25, 0.3) is 0 Å². The van der Waals surface area contributed by atoms with E-state index in [1.165, 1.54) is 0 Å². The van der Waals surface area contributed by atoms with Crippen LogP contribution in [0.5, 0.6) is 0 Å². The Kier molecular flexibility index (Phi) is 4.70. The molecular weight excluding hydrogens is 346 g/mol. The van der Waals surface area contributed by atoms with Crippen molar-refractivity contribution in [1.29, 1.82) is 0 Å². The molecule has 0 saturated carbocycles. The van der Waals surface area contributed by atoms with Crippen LogP contribution >= 0.6 is 11.3 Å². The molecular formula is C20H21N3O2S. The molecule has 1 aliphatic heterocycles. The van der Waals surface area contributed by atoms with E-state index in [1.807, 2.05) is 30.5 Å². The summed E-state index contributed by atoms with van der Waals surface area (Å²) in [5.41, 5.74) is 3.26. The molecule has 5 nitrogen and oxygen atoms in total. The number of carboxylic acids is 1. The summed E-state index contributed by atoms with van der Waals surface area (Å²) in [6, 6.07) is 10.2. The number of benzene rings is 1. The van der Waals surface area contributed by atoms with Crippen LogP contribution in [0.3, 0.4) is 0 Å². The topological polar surface area (TPSA) is 66.3 Å². The van der Waals surface area contributed by atoms with Crippen LogP contribution in [0.25, 0.3) is 10.2 Å². The van der Waals surface area contributed by atoms with Gasteiger partial charge >= 0.3 is 5.97 Å². The van der Waals surface area contributed by atoms with Crippen LogP contribution in [0.2, 0.25) is 0 Å². The number of rotatable bonds is 4. The molecule has 0 amide bonds. The first-order valence-corrected chi connectivity index (χ1v) is 9.68. The Morgan fingerprint density at radius 2 is 2.19 bits per heavy atom. The van der Waals surface area contributed by atoms with Crippen molar-refractivity contribution in [2.75, 3.05) is 13.1 Å². The van der Waals surface area contributed by atoms with E-state index >= 15 is 0 Å². The van der Waals surface area contributed by atoms with E-state index in [1.54, 1.807) is 17.5 Å². The van der Waals surface area contributed by atoms with E-state index in [4.69, 9.17) is 4.98 Å². The second-order valence-electron chi connectivity index (χ2n) is 6.83. The molecule has 6 heteroatoms. The number of thiazole rings is 1. The van der Waals surface area contributed by atoms with Crippen LogP contribution in [0.15, 0.2) is 42.7 Å². The van der Waals surface area contributed by atoms with Gasteiger partial charge in [-0.2, -0.15) is 0 Å². The number of hydrogen-bond donors (Lipinski definition) is 1. The lowest BCUT2D eigenvalue weighted by Gasteiger charge is -2.36. The molecule has 4 rings (SSSR count). The molecule has 1 aromatic carbocycles. The quantitative estimate of drug-likeness (QED) is 0.758. The minimum absolute atomic E-state index is 0.0300. The Balaban J connectivity index is 1.79. The SMILES string of the molecule is Cc1cnccc1C(c1nc2ccccc2s1)N1CCCC(C(=O)O)C1. The first-order chi connectivity index (χ1) is 12.6. The fourth-order valence-electron chi connectivity index (χ4n) is 3.73. The maximum absolute atomic E-state index is 11.6. The zero-order valence-corrected chi connectivity index (χ0v) is 15.4. The number of likely N-dealkylation sites (tertiary alicyclic amines) is 1. The molecule has 1 aliphatic rings. The van der Waals surface area contributed by atoms with E-state index in [0.29, 0.717) is 6.54 Å². The van der Waals surface area contributed by atoms with E-state index in [-0.39, 0.29) is 12.0 Å². The lowest BCUT2D eigenvalue weighted by atomic mass is 9.94. The average Bonchev–Trinajstić information content (AvgIpc) is 3.07. The van der Waals surface area contributed by atoms with Gasteiger partial charge in [-0.1, -0.05) is 12.1 Å². The molecule has 0 bridgehead atoms. The molecule has 26 heavy (non-hydrogen) atoms. The first-order valence-electron chi connectivity index (χ1n) is 8.86. The molecule has 0 spiro atoms. The molecule has 2 aromatic heterocycles. The van der Waals surface area contributed by atoms with Crippen molar-refractivity contribution in [2.45, 2.75) is 25.8 Å². The summed E-state index contributed by atoms with van der Waals surface area (Å²) in [6.45, 7) is 3.49. The molecule has 134 valence electrons. The fraction of sp³-hybridized carbons (Fsp3) is 0.350. The summed E-state index contributed by atoms with van der Waals surface area (Å²) in [7, 11) is 0. The van der Waals surface area contributed by atoms with Crippen molar-refractivity contribution in [2.24, 2.45) is 5.92 Å². The molecule has 3 aromatic rings. The van der Waals surface area contributed by atoms with Gasteiger partial charge in [-0.25, -0.2) is 4.98 Å². The van der Waals surface area contributed by atoms with Crippen molar-refractivity contribution in [1.82, 2.24) is 14.9 Å². The summed E-state index contributed by atoms with van der Waals surface area (Å²) in [5.74, 6) is -1.02. The highest BCUT2D eigenvalue weighted by Crippen LogP contribution is 2.37. The minimum atomic E-state index is -0.704. The number of fused-ring (bicyclic) bond motifs is 1. The van der Waals surface area contributed by atoms with Crippen molar-refractivity contribution in [3.8, 4) is 0 Å². The fourth-order valence-corrected chi connectivity index (χ4v) is 4.85. The molecule has 0 radical (unpaired) electrons. The Morgan fingerprint density at radius 1 is 1.35 bits per heavy atom. The standard InChI is InChI=1S/C20H21N3O2S/c1-13-11-21-9-8-15(13)18(23-10-4-5-14(12-23)20(24)25)19-22-16-6-2-3-7-17(16)26-19/h2-3,6-9,11,14,18H,4-5,10,12H2,1H3,(H,24,25). The number of para-hydroxylation sites is 1. The third-order valence-electron chi connectivity index (χ3n) is 5.07. The minimum Gasteiger partial charge on any atom is -0.481 e. The molecule has 1 N–H and O–H groups in total. The number of aromatic nitrogens is 2. The smallest absolute Gasteiger partial charge is 0.307 e. The van der Waals surface area contributed by atoms with Crippen molar-refractivity contribution >= 4 is 27.5 Å². The van der Waals surface area contributed by atoms with E-state index in [0.717, 1.165) is 45.7 Å². The van der Waals surface area contributed by atoms with Gasteiger partial charge in [-0.3, -0.25) is 14.7 Å². The Hall–Kier alpha value is -2.31. The number of carbonyl (C=O) groups is 1. The van der Waals surface area contributed by atoms with Gasteiger partial charge in [0.05, 0.1) is 22.2 Å². The highest BCUT2D eigenvalue weighted by Gasteiger charge is 2.33. The Morgan fingerprint density at radius 3 is 2.96 bits per heavy atom. The number of pyridine rings is 1. The predicted molar refractivity (Wildman–Crippen MR) is 102 cm³/mol. The Bertz CT molecular complexity index is 906. The van der Waals surface area contributed by atoms with E-state index in [2.05, 4.69) is 22.9 Å². The van der Waals surface area contributed by atoms with Crippen LogP contribution < -0.4 is 0 Å². The van der Waals surface area contributed by atoms with Gasteiger partial charge in [0.2, 0.25) is 0 Å². The number of aliphatic carboxylic acids is 1. The van der Waals surface area contributed by atoms with Gasteiger partial charge in [0.15, 0.2) is 0 Å². The predicted octanol–water partition coefficient (Wildman–Crippen LogP) is 3.89. The first kappa shape index (κ1) is 17.1. The third kappa shape index (κ3) is 3.22. The molecule has 2 unspecified atom stereocenters. The average molecular weight is 367 g/mol. The summed E-state index contributed by atoms with van der Waals surface area (Å²) in [4.78, 5) is 22.9. The van der Waals surface area contributed by atoms with Crippen LogP contribution in [0.4, 0.5) is 0 Å². The van der Waals surface area contributed by atoms with Crippen LogP contribution in [0, 0.1) is 12.8 Å². The van der Waals surface area contributed by atoms with Crippen molar-refractivity contribution < 1.29 is 9.90 Å². The summed E-state index contributed by atoms with van der Waals surface area (Å²) in [5, 5.41) is 10.5. The largest absolute Gasteiger partial charge is 0.481 e. The second-order valence-corrected chi connectivity index (χ2v) is 7.89. The number of hydrogen-bond acceptors (Lipinski definition) is 5. The molecule has 1 fully saturated rings. The lowest BCUT2D eigenvalue weighted by Crippen LogP contribution is -2.41. The van der Waals surface area contributed by atoms with Gasteiger partial charge in [-0.05, 0) is 55.6 Å². The number of aryl methyl sites for hydroxylation is 1. The van der Waals surface area contributed by atoms with Crippen LogP contribution in [-0.4, -0.2) is 39.0 Å². The zero-order chi connectivity index (χ0) is 18.1. The van der Waals surface area contributed by atoms with Crippen LogP contribution in [0.1, 0.15) is 35.0 Å². The van der Waals surface area contributed by atoms with Crippen LogP contribution in [-0.2, 0) is 4.79 Å². The third-order valence-corrected chi connectivity index (χ3v) is 6.16. The number of piperidine rings is 1. The molecule has 0 aliphatic carbocycles. The zero-order valence-electron chi connectivity index (χ0n) is 14.6. The maximum Gasteiger partial charge on any atom is 0.307 e. The summed E-state index contributed by atoms with van der Waals surface area (Å²) in [6.07, 6.45) is 5.31. The maximum atomic E-state index is 11.6. The van der Waals surface area contributed by atoms with Gasteiger partial charge in [-0.15, -0.1) is 11.3 Å². The normalized spacial score (nSPS) is 19.5. The number of nitrogens with zero attached hydrogens (tertiary/aromatic N) is 3. The van der Waals surface area contributed by atoms with Crippen molar-refractivity contribution in [3.63, 3.8) is 0 Å². The number of carboxylic acid groups (broad SMARTS) is 1. The summed E-state index contributed by atoms with van der Waals surface area (Å²) < 4.78 is 1.16. The van der Waals surface area contributed by atoms with Gasteiger partial charge < -0.3 is 5.11 Å². The van der Waals surface area contributed by atoms with Gasteiger partial charge in [0, 0.05) is 18.9 Å². The molecule has 1 saturated heterocycles. The highest BCUT2D eigenvalue weighted by atomic mass is 32.1. The Labute approximate surface area is 156 Å². The van der Waals surface area contributed by atoms with Crippen molar-refractivity contribution in [3.05, 3.63) is 58.9 Å². The molecule has 2 atom stereocenters. The summed E-state index contributed by atoms with van der Waals surface area (Å²) >= 11 is 1.69. The monoisotopic (exact) mass is 367 g/mol. The van der Waals surface area contributed by atoms with E-state index < -0.39 is 5.97 Å². The highest BCUT2D eigenvalue weighted by molar-refractivity contribution is 7.18.